The van der Waals surface area contributed by atoms with Crippen LogP contribution in [0.15, 0.2) is 49.2 Å². The van der Waals surface area contributed by atoms with Crippen molar-refractivity contribution in [3.05, 3.63) is 54.8 Å². The van der Waals surface area contributed by atoms with Gasteiger partial charge in [-0.25, -0.2) is 0 Å². The SMILES string of the molecule is C=C[C@@]1(C(=O)OC)C=CCN(CCc2c[nH]c3cc(OC)ccc23)[C@@H]1C(=O)OC(C)(C)C. The molecular formula is C25H32N2O5. The van der Waals surface area contributed by atoms with Crippen LogP contribution in [-0.2, 0) is 25.5 Å². The number of nitrogens with one attached hydrogen (secondary N) is 1. The number of ether oxygens (including phenoxy) is 3. The first-order chi connectivity index (χ1) is 15.1. The first-order valence-electron chi connectivity index (χ1n) is 10.7. The van der Waals surface area contributed by atoms with E-state index in [4.69, 9.17) is 14.2 Å². The molecule has 0 unspecified atom stereocenters. The van der Waals surface area contributed by atoms with Crippen LogP contribution in [-0.4, -0.2) is 60.8 Å². The number of methoxy groups -OCH3 is 2. The third-order valence-corrected chi connectivity index (χ3v) is 5.70. The lowest BCUT2D eigenvalue weighted by molar-refractivity contribution is -0.171. The van der Waals surface area contributed by atoms with E-state index in [9.17, 15) is 9.59 Å². The average Bonchev–Trinajstić information content (AvgIpc) is 3.17. The zero-order valence-corrected chi connectivity index (χ0v) is 19.4. The summed E-state index contributed by atoms with van der Waals surface area (Å²) in [6, 6.07) is 5.02. The quantitative estimate of drug-likeness (QED) is 0.523. The highest BCUT2D eigenvalue weighted by Gasteiger charge is 2.52. The van der Waals surface area contributed by atoms with Gasteiger partial charge in [0.05, 0.1) is 14.2 Å². The Hall–Kier alpha value is -3.06. The maximum absolute atomic E-state index is 13.3. The van der Waals surface area contributed by atoms with Crippen LogP contribution in [0.25, 0.3) is 10.9 Å². The Bertz CT molecular complexity index is 1030. The van der Waals surface area contributed by atoms with Crippen molar-refractivity contribution in [2.24, 2.45) is 5.41 Å². The maximum atomic E-state index is 13.3. The lowest BCUT2D eigenvalue weighted by Crippen LogP contribution is -2.58. The fraction of sp³-hybridized carbons (Fsp3) is 0.440. The minimum Gasteiger partial charge on any atom is -0.497 e. The normalized spacial score (nSPS) is 21.3. The number of hydrogen-bond donors (Lipinski definition) is 1. The molecular weight excluding hydrogens is 408 g/mol. The number of hydrogen-bond acceptors (Lipinski definition) is 6. The molecule has 1 N–H and O–H groups in total. The zero-order chi connectivity index (χ0) is 23.5. The Kier molecular flexibility index (Phi) is 6.79. The molecule has 32 heavy (non-hydrogen) atoms. The van der Waals surface area contributed by atoms with E-state index in [0.29, 0.717) is 19.5 Å². The van der Waals surface area contributed by atoms with Crippen molar-refractivity contribution < 1.29 is 23.8 Å². The van der Waals surface area contributed by atoms with Crippen LogP contribution in [0.2, 0.25) is 0 Å². The predicted molar refractivity (Wildman–Crippen MR) is 124 cm³/mol. The molecule has 0 saturated carbocycles. The molecule has 2 aromatic rings. The standard InChI is InChI=1S/C25H32N2O5/c1-7-25(23(29)31-6)12-8-13-27(21(25)22(28)32-24(2,3)4)14-11-17-16-26-20-15-18(30-5)9-10-19(17)20/h7-10,12,15-16,21,26H,1,11,13-14H2,2-6H3/t21-,25-/m1/s1. The summed E-state index contributed by atoms with van der Waals surface area (Å²) in [6.07, 6.45) is 7.70. The molecule has 0 spiro atoms. The van der Waals surface area contributed by atoms with E-state index < -0.39 is 29.0 Å². The van der Waals surface area contributed by atoms with Gasteiger partial charge in [-0.1, -0.05) is 18.2 Å². The minimum absolute atomic E-state index is 0.476. The molecule has 1 aliphatic rings. The Morgan fingerprint density at radius 1 is 1.31 bits per heavy atom. The number of benzene rings is 1. The van der Waals surface area contributed by atoms with E-state index in [0.717, 1.165) is 22.2 Å². The van der Waals surface area contributed by atoms with Gasteiger partial charge in [0.1, 0.15) is 22.8 Å². The summed E-state index contributed by atoms with van der Waals surface area (Å²) < 4.78 is 16.1. The van der Waals surface area contributed by atoms with Crippen molar-refractivity contribution in [1.29, 1.82) is 0 Å². The molecule has 172 valence electrons. The number of H-pyrrole nitrogens is 1. The van der Waals surface area contributed by atoms with Gasteiger partial charge in [-0.05, 0) is 44.9 Å². The number of rotatable bonds is 7. The molecule has 0 fully saturated rings. The van der Waals surface area contributed by atoms with E-state index in [1.165, 1.54) is 13.2 Å². The van der Waals surface area contributed by atoms with Crippen LogP contribution >= 0.6 is 0 Å². The van der Waals surface area contributed by atoms with Gasteiger partial charge in [-0.2, -0.15) is 0 Å². The van der Waals surface area contributed by atoms with Crippen molar-refractivity contribution in [3.63, 3.8) is 0 Å². The number of nitrogens with zero attached hydrogens (tertiary/aromatic N) is 1. The van der Waals surface area contributed by atoms with Gasteiger partial charge in [0.2, 0.25) is 0 Å². The van der Waals surface area contributed by atoms with Crippen molar-refractivity contribution in [2.45, 2.75) is 38.8 Å². The van der Waals surface area contributed by atoms with E-state index in [2.05, 4.69) is 11.6 Å². The van der Waals surface area contributed by atoms with Gasteiger partial charge in [-0.3, -0.25) is 14.5 Å². The largest absolute Gasteiger partial charge is 0.497 e. The second-order valence-electron chi connectivity index (χ2n) is 8.94. The second kappa shape index (κ2) is 9.20. The smallest absolute Gasteiger partial charge is 0.325 e. The number of carbonyl (C=O) groups is 2. The molecule has 7 heteroatoms. The summed E-state index contributed by atoms with van der Waals surface area (Å²) in [4.78, 5) is 31.3. The number of carbonyl (C=O) groups excluding carboxylic acids is 2. The van der Waals surface area contributed by atoms with Gasteiger partial charge >= 0.3 is 11.9 Å². The van der Waals surface area contributed by atoms with Crippen molar-refractivity contribution >= 4 is 22.8 Å². The third kappa shape index (κ3) is 4.58. The van der Waals surface area contributed by atoms with Crippen LogP contribution < -0.4 is 4.74 Å². The number of fused-ring (bicyclic) bond motifs is 1. The summed E-state index contributed by atoms with van der Waals surface area (Å²) in [5, 5.41) is 1.09. The topological polar surface area (TPSA) is 80.9 Å². The Labute approximate surface area is 189 Å². The second-order valence-corrected chi connectivity index (χ2v) is 8.94. The molecule has 3 rings (SSSR count). The monoisotopic (exact) mass is 440 g/mol. The molecule has 2 atom stereocenters. The Morgan fingerprint density at radius 3 is 2.69 bits per heavy atom. The number of aromatic nitrogens is 1. The van der Waals surface area contributed by atoms with Crippen LogP contribution in [0.1, 0.15) is 26.3 Å². The van der Waals surface area contributed by atoms with Crippen molar-refractivity contribution in [3.8, 4) is 5.75 Å². The molecule has 0 saturated heterocycles. The first kappa shape index (κ1) is 23.6. The van der Waals surface area contributed by atoms with Crippen LogP contribution in [0.5, 0.6) is 5.75 Å². The Balaban J connectivity index is 1.91. The van der Waals surface area contributed by atoms with E-state index in [1.54, 1.807) is 13.2 Å². The maximum Gasteiger partial charge on any atom is 0.325 e. The van der Waals surface area contributed by atoms with Gasteiger partial charge in [0, 0.05) is 36.3 Å². The molecule has 1 aromatic heterocycles. The highest BCUT2D eigenvalue weighted by molar-refractivity contribution is 5.92. The van der Waals surface area contributed by atoms with E-state index >= 15 is 0 Å². The Morgan fingerprint density at radius 2 is 2.06 bits per heavy atom. The lowest BCUT2D eigenvalue weighted by atomic mass is 9.76. The summed E-state index contributed by atoms with van der Waals surface area (Å²) in [5.41, 5.74) is 0.0881. The average molecular weight is 441 g/mol. The predicted octanol–water partition coefficient (Wildman–Crippen LogP) is 3.65. The summed E-state index contributed by atoms with van der Waals surface area (Å²) in [6.45, 7) is 10.3. The number of aromatic amines is 1. The number of esters is 2. The van der Waals surface area contributed by atoms with Gasteiger partial charge in [0.25, 0.3) is 0 Å². The minimum atomic E-state index is -1.32. The molecule has 7 nitrogen and oxygen atoms in total. The molecule has 0 aliphatic carbocycles. The van der Waals surface area contributed by atoms with Gasteiger partial charge in [0.15, 0.2) is 0 Å². The van der Waals surface area contributed by atoms with Crippen LogP contribution in [0, 0.1) is 5.41 Å². The highest BCUT2D eigenvalue weighted by Crippen LogP contribution is 2.36. The van der Waals surface area contributed by atoms with E-state index in [1.807, 2.05) is 56.1 Å². The van der Waals surface area contributed by atoms with Gasteiger partial charge < -0.3 is 19.2 Å². The molecule has 0 bridgehead atoms. The zero-order valence-electron chi connectivity index (χ0n) is 19.4. The molecule has 1 aromatic carbocycles. The third-order valence-electron chi connectivity index (χ3n) is 5.70. The van der Waals surface area contributed by atoms with Gasteiger partial charge in [-0.15, -0.1) is 6.58 Å². The summed E-state index contributed by atoms with van der Waals surface area (Å²) in [7, 11) is 2.95. The summed E-state index contributed by atoms with van der Waals surface area (Å²) >= 11 is 0. The first-order valence-corrected chi connectivity index (χ1v) is 10.7. The highest BCUT2D eigenvalue weighted by atomic mass is 16.6. The summed E-state index contributed by atoms with van der Waals surface area (Å²) in [5.74, 6) is -0.231. The molecule has 0 amide bonds. The molecule has 2 heterocycles. The fourth-order valence-corrected chi connectivity index (χ4v) is 4.19. The lowest BCUT2D eigenvalue weighted by Gasteiger charge is -2.42. The molecule has 0 radical (unpaired) electrons. The van der Waals surface area contributed by atoms with Crippen molar-refractivity contribution in [2.75, 3.05) is 27.3 Å². The fourth-order valence-electron chi connectivity index (χ4n) is 4.19. The van der Waals surface area contributed by atoms with Crippen LogP contribution in [0.4, 0.5) is 0 Å². The van der Waals surface area contributed by atoms with Crippen LogP contribution in [0.3, 0.4) is 0 Å². The van der Waals surface area contributed by atoms with E-state index in [-0.39, 0.29) is 0 Å². The molecule has 1 aliphatic heterocycles. The van der Waals surface area contributed by atoms with Crippen molar-refractivity contribution in [1.82, 2.24) is 9.88 Å².